The fraction of sp³-hybridized carbons (Fsp3) is 0.435. The molecule has 0 spiro atoms. The van der Waals surface area contributed by atoms with E-state index < -0.39 is 0 Å². The van der Waals surface area contributed by atoms with Gasteiger partial charge in [-0.05, 0) is 49.9 Å². The molecule has 0 bridgehead atoms. The summed E-state index contributed by atoms with van der Waals surface area (Å²) in [4.78, 5) is 17.4. The van der Waals surface area contributed by atoms with Crippen LogP contribution in [-0.2, 0) is 4.79 Å². The molecule has 4 rings (SSSR count). The molecule has 2 heterocycles. The van der Waals surface area contributed by atoms with E-state index in [1.54, 1.807) is 0 Å². The third-order valence-electron chi connectivity index (χ3n) is 5.98. The number of hydrazine groups is 1. The van der Waals surface area contributed by atoms with Crippen molar-refractivity contribution in [1.82, 2.24) is 15.8 Å². The monoisotopic (exact) mass is 378 g/mol. The summed E-state index contributed by atoms with van der Waals surface area (Å²) in [6.07, 6.45) is 0.791. The first kappa shape index (κ1) is 19.0. The van der Waals surface area contributed by atoms with E-state index in [0.29, 0.717) is 0 Å². The van der Waals surface area contributed by atoms with Crippen LogP contribution >= 0.6 is 0 Å². The molecule has 5 nitrogen and oxygen atoms in total. The van der Waals surface area contributed by atoms with E-state index in [2.05, 4.69) is 79.0 Å². The number of nitrogens with one attached hydrogen (secondary N) is 2. The van der Waals surface area contributed by atoms with Crippen molar-refractivity contribution in [1.29, 1.82) is 0 Å². The number of aryl methyl sites for hydroxylation is 3. The highest BCUT2D eigenvalue weighted by molar-refractivity contribution is 5.82. The van der Waals surface area contributed by atoms with Gasteiger partial charge in [-0.1, -0.05) is 42.0 Å². The molecule has 0 saturated carbocycles. The van der Waals surface area contributed by atoms with Crippen molar-refractivity contribution in [3.8, 4) is 0 Å². The van der Waals surface area contributed by atoms with Gasteiger partial charge in [-0.2, -0.15) is 0 Å². The van der Waals surface area contributed by atoms with Crippen molar-refractivity contribution in [2.45, 2.75) is 39.3 Å². The van der Waals surface area contributed by atoms with E-state index in [4.69, 9.17) is 0 Å². The van der Waals surface area contributed by atoms with Crippen LogP contribution < -0.4 is 15.8 Å². The van der Waals surface area contributed by atoms with Crippen molar-refractivity contribution >= 4 is 11.6 Å². The van der Waals surface area contributed by atoms with Crippen LogP contribution in [-0.4, -0.2) is 43.0 Å². The molecule has 2 unspecified atom stereocenters. The molecule has 2 N–H and O–H groups in total. The van der Waals surface area contributed by atoms with Gasteiger partial charge in [0.1, 0.15) is 6.04 Å². The highest BCUT2D eigenvalue weighted by atomic mass is 16.2. The summed E-state index contributed by atoms with van der Waals surface area (Å²) in [7, 11) is 0. The van der Waals surface area contributed by atoms with Crippen LogP contribution in [0.4, 0.5) is 5.69 Å². The van der Waals surface area contributed by atoms with Gasteiger partial charge in [-0.25, -0.2) is 10.9 Å². The third-order valence-corrected chi connectivity index (χ3v) is 5.98. The minimum atomic E-state index is -0.154. The maximum absolute atomic E-state index is 13.0. The van der Waals surface area contributed by atoms with Crippen LogP contribution in [0.15, 0.2) is 42.5 Å². The third kappa shape index (κ3) is 3.91. The minimum Gasteiger partial charge on any atom is -0.368 e. The summed E-state index contributed by atoms with van der Waals surface area (Å²) in [6.45, 7) is 9.71. The average Bonchev–Trinajstić information content (AvgIpc) is 3.20. The topological polar surface area (TPSA) is 47.6 Å². The van der Waals surface area contributed by atoms with E-state index in [9.17, 15) is 4.79 Å². The Morgan fingerprint density at radius 1 is 0.893 bits per heavy atom. The van der Waals surface area contributed by atoms with Gasteiger partial charge in [0, 0.05) is 37.9 Å². The second-order valence-electron chi connectivity index (χ2n) is 8.14. The summed E-state index contributed by atoms with van der Waals surface area (Å²) in [5.74, 6) is 0.211. The Hall–Kier alpha value is -2.37. The van der Waals surface area contributed by atoms with Gasteiger partial charge in [0.25, 0.3) is 0 Å². The predicted molar refractivity (Wildman–Crippen MR) is 113 cm³/mol. The summed E-state index contributed by atoms with van der Waals surface area (Å²) >= 11 is 0. The zero-order valence-electron chi connectivity index (χ0n) is 17.0. The predicted octanol–water partition coefficient (Wildman–Crippen LogP) is 2.87. The maximum Gasteiger partial charge on any atom is 0.241 e. The van der Waals surface area contributed by atoms with Gasteiger partial charge >= 0.3 is 0 Å². The van der Waals surface area contributed by atoms with Gasteiger partial charge in [0.15, 0.2) is 0 Å². The Kier molecular flexibility index (Phi) is 5.38. The Morgan fingerprint density at radius 3 is 2.29 bits per heavy atom. The van der Waals surface area contributed by atoms with Crippen molar-refractivity contribution in [3.05, 3.63) is 64.7 Å². The molecule has 0 radical (unpaired) electrons. The maximum atomic E-state index is 13.0. The van der Waals surface area contributed by atoms with Gasteiger partial charge in [-0.15, -0.1) is 0 Å². The number of carbonyl (C=O) groups excluding carboxylic acids is 1. The lowest BCUT2D eigenvalue weighted by Gasteiger charge is -2.37. The Morgan fingerprint density at radius 2 is 1.57 bits per heavy atom. The average molecular weight is 379 g/mol. The lowest BCUT2D eigenvalue weighted by Crippen LogP contribution is -2.53. The number of rotatable bonds is 3. The molecule has 2 aromatic rings. The van der Waals surface area contributed by atoms with E-state index in [1.807, 2.05) is 4.90 Å². The molecule has 148 valence electrons. The largest absolute Gasteiger partial charge is 0.368 e. The van der Waals surface area contributed by atoms with Crippen LogP contribution in [0.5, 0.6) is 0 Å². The Balaban J connectivity index is 1.34. The summed E-state index contributed by atoms with van der Waals surface area (Å²) < 4.78 is 0. The number of nitrogens with zero attached hydrogens (tertiary/aromatic N) is 2. The van der Waals surface area contributed by atoms with Crippen LogP contribution in [0.25, 0.3) is 0 Å². The number of hydrogen-bond acceptors (Lipinski definition) is 4. The highest BCUT2D eigenvalue weighted by Crippen LogP contribution is 2.25. The number of hydrogen-bond donors (Lipinski definition) is 2. The van der Waals surface area contributed by atoms with Crippen LogP contribution in [0.1, 0.15) is 34.7 Å². The number of carbonyl (C=O) groups is 1. The lowest BCUT2D eigenvalue weighted by molar-refractivity contribution is -0.133. The number of benzene rings is 2. The van der Waals surface area contributed by atoms with Gasteiger partial charge in [-0.3, -0.25) is 4.79 Å². The SMILES string of the molecule is Cc1ccc(C2CC(C(=O)N3CCN(c4cc(C)ccc4C)CC3)NN2)cc1. The second-order valence-corrected chi connectivity index (χ2v) is 8.14. The normalized spacial score (nSPS) is 22.5. The van der Waals surface area contributed by atoms with E-state index >= 15 is 0 Å². The molecule has 2 aliphatic rings. The van der Waals surface area contributed by atoms with Crippen LogP contribution in [0, 0.1) is 20.8 Å². The van der Waals surface area contributed by atoms with E-state index in [-0.39, 0.29) is 18.0 Å². The first-order chi connectivity index (χ1) is 13.5. The Bertz CT molecular complexity index is 840. The lowest BCUT2D eigenvalue weighted by atomic mass is 10.0. The molecule has 2 atom stereocenters. The van der Waals surface area contributed by atoms with Crippen LogP contribution in [0.2, 0.25) is 0 Å². The first-order valence-electron chi connectivity index (χ1n) is 10.2. The standard InChI is InChI=1S/C23H30N4O/c1-16-5-8-19(9-6-16)20-15-21(25-24-20)23(28)27-12-10-26(11-13-27)22-14-17(2)4-7-18(22)3/h4-9,14,20-21,24-25H,10-13,15H2,1-3H3. The molecule has 2 aliphatic heterocycles. The van der Waals surface area contributed by atoms with E-state index in [1.165, 1.54) is 27.9 Å². The van der Waals surface area contributed by atoms with Crippen molar-refractivity contribution in [2.75, 3.05) is 31.1 Å². The molecule has 0 aromatic heterocycles. The number of piperazine rings is 1. The molecular weight excluding hydrogens is 348 g/mol. The molecule has 2 saturated heterocycles. The molecular formula is C23H30N4O. The zero-order chi connectivity index (χ0) is 19.7. The fourth-order valence-electron chi connectivity index (χ4n) is 4.18. The summed E-state index contributed by atoms with van der Waals surface area (Å²) in [5, 5.41) is 0. The van der Waals surface area contributed by atoms with Crippen LogP contribution in [0.3, 0.4) is 0 Å². The summed E-state index contributed by atoms with van der Waals surface area (Å²) in [5.41, 5.74) is 12.9. The quantitative estimate of drug-likeness (QED) is 0.862. The highest BCUT2D eigenvalue weighted by Gasteiger charge is 2.34. The zero-order valence-corrected chi connectivity index (χ0v) is 17.0. The molecule has 0 aliphatic carbocycles. The number of anilines is 1. The molecule has 1 amide bonds. The summed E-state index contributed by atoms with van der Waals surface area (Å²) in [6, 6.07) is 15.2. The Labute approximate surface area is 167 Å². The molecule has 2 fully saturated rings. The minimum absolute atomic E-state index is 0.154. The smallest absolute Gasteiger partial charge is 0.241 e. The first-order valence-corrected chi connectivity index (χ1v) is 10.2. The van der Waals surface area contributed by atoms with Crippen molar-refractivity contribution in [3.63, 3.8) is 0 Å². The molecule has 5 heteroatoms. The molecule has 2 aromatic carbocycles. The second kappa shape index (κ2) is 7.94. The van der Waals surface area contributed by atoms with Gasteiger partial charge < -0.3 is 9.80 Å². The molecule has 28 heavy (non-hydrogen) atoms. The van der Waals surface area contributed by atoms with E-state index in [0.717, 1.165) is 32.6 Å². The van der Waals surface area contributed by atoms with Crippen molar-refractivity contribution < 1.29 is 4.79 Å². The van der Waals surface area contributed by atoms with Gasteiger partial charge in [0.05, 0.1) is 0 Å². The van der Waals surface area contributed by atoms with Gasteiger partial charge in [0.2, 0.25) is 5.91 Å². The fourth-order valence-corrected chi connectivity index (χ4v) is 4.18. The number of amides is 1. The van der Waals surface area contributed by atoms with Crippen molar-refractivity contribution in [2.24, 2.45) is 0 Å².